The average Bonchev–Trinajstić information content (AvgIpc) is 3.51. The molecule has 1 fully saturated rings. The molecule has 1 heterocycles. The molecule has 1 aromatic heterocycles. The van der Waals surface area contributed by atoms with Gasteiger partial charge in [-0.1, -0.05) is 78.9 Å². The summed E-state index contributed by atoms with van der Waals surface area (Å²) in [5.74, 6) is -0.823. The maximum atomic E-state index is 13.5. The van der Waals surface area contributed by atoms with Gasteiger partial charge in [0.1, 0.15) is 5.69 Å². The number of nitrogens with one attached hydrogen (secondary N) is 2. The largest absolute Gasteiger partial charge is 0.461 e. The summed E-state index contributed by atoms with van der Waals surface area (Å²) in [5, 5.41) is 3.84. The third kappa shape index (κ3) is 3.26. The summed E-state index contributed by atoms with van der Waals surface area (Å²) >= 11 is 0. The van der Waals surface area contributed by atoms with E-state index < -0.39 is 5.97 Å². The monoisotopic (exact) mass is 424 g/mol. The fourth-order valence-electron chi connectivity index (χ4n) is 4.69. The van der Waals surface area contributed by atoms with Crippen LogP contribution in [0.1, 0.15) is 35.0 Å². The van der Waals surface area contributed by atoms with E-state index in [1.807, 2.05) is 60.7 Å². The first kappa shape index (κ1) is 20.1. The second-order valence-electron chi connectivity index (χ2n) is 8.09. The molecular formula is C27H24N2O3. The molecule has 0 radical (unpaired) electrons. The van der Waals surface area contributed by atoms with Crippen LogP contribution >= 0.6 is 0 Å². The molecule has 5 heteroatoms. The number of amides is 1. The molecule has 2 N–H and O–H groups in total. The zero-order chi connectivity index (χ0) is 22.1. The number of hydrogen-bond donors (Lipinski definition) is 2. The van der Waals surface area contributed by atoms with Gasteiger partial charge in [-0.05, 0) is 30.5 Å². The molecule has 0 spiro atoms. The molecule has 4 aromatic rings. The average molecular weight is 425 g/mol. The number of carbonyl (C=O) groups is 2. The number of rotatable bonds is 6. The lowest BCUT2D eigenvalue weighted by atomic mass is 9.85. The molecule has 0 bridgehead atoms. The van der Waals surface area contributed by atoms with Crippen LogP contribution in [0.25, 0.3) is 10.9 Å². The highest BCUT2D eigenvalue weighted by molar-refractivity contribution is 6.12. The Hall–Kier alpha value is -3.86. The van der Waals surface area contributed by atoms with Crippen molar-refractivity contribution in [2.75, 3.05) is 11.9 Å². The summed E-state index contributed by atoms with van der Waals surface area (Å²) in [6.07, 6.45) is 0.712. The van der Waals surface area contributed by atoms with Crippen LogP contribution in [0.5, 0.6) is 0 Å². The second-order valence-corrected chi connectivity index (χ2v) is 8.09. The van der Waals surface area contributed by atoms with Crippen molar-refractivity contribution in [1.82, 2.24) is 4.98 Å². The number of aromatic nitrogens is 1. The zero-order valence-electron chi connectivity index (χ0n) is 17.8. The number of fused-ring (bicyclic) bond motifs is 1. The Morgan fingerprint density at radius 2 is 1.53 bits per heavy atom. The lowest BCUT2D eigenvalue weighted by molar-refractivity contribution is -0.117. The van der Waals surface area contributed by atoms with E-state index >= 15 is 0 Å². The third-order valence-corrected chi connectivity index (χ3v) is 6.29. The number of aromatic amines is 1. The first-order chi connectivity index (χ1) is 15.6. The molecule has 3 aromatic carbocycles. The minimum Gasteiger partial charge on any atom is -0.461 e. The molecule has 1 amide bonds. The summed E-state index contributed by atoms with van der Waals surface area (Å²) in [4.78, 5) is 29.2. The maximum absolute atomic E-state index is 13.5. The lowest BCUT2D eigenvalue weighted by Crippen LogP contribution is -2.23. The zero-order valence-corrected chi connectivity index (χ0v) is 17.8. The van der Waals surface area contributed by atoms with Crippen LogP contribution in [-0.2, 0) is 14.9 Å². The molecule has 1 aliphatic carbocycles. The van der Waals surface area contributed by atoms with Crippen molar-refractivity contribution in [2.24, 2.45) is 5.92 Å². The van der Waals surface area contributed by atoms with Crippen molar-refractivity contribution < 1.29 is 14.3 Å². The number of para-hydroxylation sites is 1. The molecule has 5 rings (SSSR count). The van der Waals surface area contributed by atoms with Gasteiger partial charge in [-0.2, -0.15) is 0 Å². The normalized spacial score (nSPS) is 16.5. The Labute approximate surface area is 186 Å². The van der Waals surface area contributed by atoms with Gasteiger partial charge in [0.15, 0.2) is 0 Å². The topological polar surface area (TPSA) is 71.2 Å². The standard InChI is InChI=1S/C27H24N2O3/c1-2-32-26(31)24-23(20-15-9-10-16-22(20)28-24)29-25(30)21-17-27(21,18-11-5-3-6-12-18)19-13-7-4-8-14-19/h3-16,21,28H,2,17H2,1H3,(H,29,30)/t21-/m0/s1. The molecule has 1 atom stereocenters. The van der Waals surface area contributed by atoms with Crippen LogP contribution in [0.2, 0.25) is 0 Å². The smallest absolute Gasteiger partial charge is 0.356 e. The number of H-pyrrole nitrogens is 1. The van der Waals surface area contributed by atoms with Crippen molar-refractivity contribution in [3.05, 3.63) is 102 Å². The molecule has 1 saturated carbocycles. The minimum absolute atomic E-state index is 0.104. The Morgan fingerprint density at radius 3 is 2.16 bits per heavy atom. The molecule has 160 valence electrons. The number of ether oxygens (including phenoxy) is 1. The third-order valence-electron chi connectivity index (χ3n) is 6.29. The van der Waals surface area contributed by atoms with E-state index in [0.29, 0.717) is 12.1 Å². The summed E-state index contributed by atoms with van der Waals surface area (Å²) in [5.41, 5.74) is 3.40. The number of benzene rings is 3. The quantitative estimate of drug-likeness (QED) is 0.413. The van der Waals surface area contributed by atoms with Crippen LogP contribution in [0.15, 0.2) is 84.9 Å². The van der Waals surface area contributed by atoms with E-state index in [1.54, 1.807) is 6.92 Å². The summed E-state index contributed by atoms with van der Waals surface area (Å²) in [7, 11) is 0. The lowest BCUT2D eigenvalue weighted by Gasteiger charge is -2.19. The van der Waals surface area contributed by atoms with E-state index in [1.165, 1.54) is 0 Å². The van der Waals surface area contributed by atoms with E-state index in [2.05, 4.69) is 34.6 Å². The Kier molecular flexibility index (Phi) is 5.02. The summed E-state index contributed by atoms with van der Waals surface area (Å²) in [6, 6.07) is 27.8. The second kappa shape index (κ2) is 8.00. The summed E-state index contributed by atoms with van der Waals surface area (Å²) < 4.78 is 5.21. The highest BCUT2D eigenvalue weighted by Crippen LogP contribution is 2.59. The highest BCUT2D eigenvalue weighted by atomic mass is 16.5. The molecule has 0 saturated heterocycles. The molecule has 32 heavy (non-hydrogen) atoms. The van der Waals surface area contributed by atoms with Gasteiger partial charge in [-0.3, -0.25) is 4.79 Å². The fraction of sp³-hybridized carbons (Fsp3) is 0.185. The van der Waals surface area contributed by atoms with Gasteiger partial charge in [-0.15, -0.1) is 0 Å². The van der Waals surface area contributed by atoms with E-state index in [-0.39, 0.29) is 29.5 Å². The first-order valence-corrected chi connectivity index (χ1v) is 10.8. The Bertz CT molecular complexity index is 1240. The molecule has 0 aliphatic heterocycles. The molecule has 0 unspecified atom stereocenters. The van der Waals surface area contributed by atoms with E-state index in [4.69, 9.17) is 4.74 Å². The van der Waals surface area contributed by atoms with Crippen LogP contribution < -0.4 is 5.32 Å². The van der Waals surface area contributed by atoms with Gasteiger partial charge in [0.05, 0.1) is 18.2 Å². The predicted molar refractivity (Wildman–Crippen MR) is 125 cm³/mol. The van der Waals surface area contributed by atoms with Crippen LogP contribution in [0, 0.1) is 5.92 Å². The van der Waals surface area contributed by atoms with Crippen molar-refractivity contribution in [1.29, 1.82) is 0 Å². The van der Waals surface area contributed by atoms with Gasteiger partial charge in [0, 0.05) is 16.3 Å². The molecular weight excluding hydrogens is 400 g/mol. The number of esters is 1. The molecule has 1 aliphatic rings. The van der Waals surface area contributed by atoms with E-state index in [9.17, 15) is 9.59 Å². The molecule has 5 nitrogen and oxygen atoms in total. The van der Waals surface area contributed by atoms with Crippen LogP contribution in [-0.4, -0.2) is 23.5 Å². The van der Waals surface area contributed by atoms with Crippen molar-refractivity contribution in [3.8, 4) is 0 Å². The van der Waals surface area contributed by atoms with Gasteiger partial charge in [-0.25, -0.2) is 4.79 Å². The van der Waals surface area contributed by atoms with Gasteiger partial charge in [0.2, 0.25) is 5.91 Å². The number of carbonyl (C=O) groups excluding carboxylic acids is 2. The van der Waals surface area contributed by atoms with Crippen molar-refractivity contribution >= 4 is 28.5 Å². The van der Waals surface area contributed by atoms with Crippen molar-refractivity contribution in [3.63, 3.8) is 0 Å². The first-order valence-electron chi connectivity index (χ1n) is 10.8. The van der Waals surface area contributed by atoms with Crippen molar-refractivity contribution in [2.45, 2.75) is 18.8 Å². The fourth-order valence-corrected chi connectivity index (χ4v) is 4.69. The van der Waals surface area contributed by atoms with Gasteiger partial charge < -0.3 is 15.0 Å². The van der Waals surface area contributed by atoms with E-state index in [0.717, 1.165) is 22.0 Å². The summed E-state index contributed by atoms with van der Waals surface area (Å²) in [6.45, 7) is 2.02. The Morgan fingerprint density at radius 1 is 0.938 bits per heavy atom. The maximum Gasteiger partial charge on any atom is 0.356 e. The highest BCUT2D eigenvalue weighted by Gasteiger charge is 2.60. The van der Waals surface area contributed by atoms with Crippen LogP contribution in [0.4, 0.5) is 5.69 Å². The number of anilines is 1. The number of hydrogen-bond acceptors (Lipinski definition) is 3. The minimum atomic E-state index is -0.479. The van der Waals surface area contributed by atoms with Gasteiger partial charge >= 0.3 is 5.97 Å². The van der Waals surface area contributed by atoms with Gasteiger partial charge in [0.25, 0.3) is 0 Å². The Balaban J connectivity index is 1.52. The SMILES string of the molecule is CCOC(=O)c1[nH]c2ccccc2c1NC(=O)[C@@H]1CC1(c1ccccc1)c1ccccc1. The van der Waals surface area contributed by atoms with Crippen LogP contribution in [0.3, 0.4) is 0 Å². The predicted octanol–water partition coefficient (Wildman–Crippen LogP) is 5.29.